The molecule has 1 aliphatic rings. The zero-order valence-corrected chi connectivity index (χ0v) is 20.3. The standard InChI is InChI=1S/C29H32N4O2/c1-3-33(17-18-35-2)24-14-11-22(12-15-24)28-25-19-23(13-16-26(25)31-32-28)29(34)30-27(21-9-10-21)20-7-5-4-6-8-20/h4-8,11-16,19,21,27H,3,9-10,17-18H2,1-2H3,(H,30,34)(H,31,32). The van der Waals surface area contributed by atoms with E-state index in [1.165, 1.54) is 5.56 Å². The number of fused-ring (bicyclic) bond motifs is 1. The summed E-state index contributed by atoms with van der Waals surface area (Å²) in [5.41, 5.74) is 5.75. The second-order valence-electron chi connectivity index (χ2n) is 9.15. The molecular weight excluding hydrogens is 436 g/mol. The first-order valence-corrected chi connectivity index (χ1v) is 12.4. The Morgan fingerprint density at radius 2 is 1.89 bits per heavy atom. The van der Waals surface area contributed by atoms with E-state index in [-0.39, 0.29) is 11.9 Å². The number of nitrogens with one attached hydrogen (secondary N) is 2. The number of aromatic amines is 1. The summed E-state index contributed by atoms with van der Waals surface area (Å²) >= 11 is 0. The van der Waals surface area contributed by atoms with Crippen LogP contribution >= 0.6 is 0 Å². The number of carbonyl (C=O) groups is 1. The van der Waals surface area contributed by atoms with E-state index in [1.54, 1.807) is 7.11 Å². The number of ether oxygens (including phenoxy) is 1. The van der Waals surface area contributed by atoms with Crippen molar-refractivity contribution >= 4 is 22.5 Å². The number of likely N-dealkylation sites (N-methyl/N-ethyl adjacent to an activating group) is 1. The fraction of sp³-hybridized carbons (Fsp3) is 0.310. The number of hydrogen-bond donors (Lipinski definition) is 2. The van der Waals surface area contributed by atoms with Crippen molar-refractivity contribution < 1.29 is 9.53 Å². The molecule has 0 bridgehead atoms. The van der Waals surface area contributed by atoms with Crippen LogP contribution in [0.5, 0.6) is 0 Å². The zero-order chi connectivity index (χ0) is 24.2. The average Bonchev–Trinajstić information content (AvgIpc) is 3.66. The largest absolute Gasteiger partial charge is 0.383 e. The molecule has 180 valence electrons. The molecule has 1 fully saturated rings. The Kier molecular flexibility index (Phi) is 6.82. The lowest BCUT2D eigenvalue weighted by atomic mass is 10.0. The van der Waals surface area contributed by atoms with Gasteiger partial charge in [-0.1, -0.05) is 42.5 Å². The third kappa shape index (κ3) is 5.08. The van der Waals surface area contributed by atoms with E-state index in [0.29, 0.717) is 18.1 Å². The molecule has 0 radical (unpaired) electrons. The molecule has 1 aliphatic carbocycles. The van der Waals surface area contributed by atoms with Crippen LogP contribution in [0, 0.1) is 5.92 Å². The van der Waals surface area contributed by atoms with Gasteiger partial charge in [-0.05, 0) is 61.6 Å². The summed E-state index contributed by atoms with van der Waals surface area (Å²) in [6, 6.07) is 24.5. The van der Waals surface area contributed by atoms with Crippen LogP contribution in [0.2, 0.25) is 0 Å². The topological polar surface area (TPSA) is 70.2 Å². The first kappa shape index (κ1) is 23.1. The summed E-state index contributed by atoms with van der Waals surface area (Å²) in [5.74, 6) is 0.464. The lowest BCUT2D eigenvalue weighted by Gasteiger charge is -2.22. The van der Waals surface area contributed by atoms with Gasteiger partial charge in [0.2, 0.25) is 0 Å². The number of H-pyrrole nitrogens is 1. The van der Waals surface area contributed by atoms with Crippen LogP contribution in [0.25, 0.3) is 22.2 Å². The number of nitrogens with zero attached hydrogens (tertiary/aromatic N) is 2. The molecule has 0 saturated heterocycles. The number of rotatable bonds is 10. The third-order valence-electron chi connectivity index (χ3n) is 6.82. The molecule has 2 N–H and O–H groups in total. The van der Waals surface area contributed by atoms with Crippen LogP contribution < -0.4 is 10.2 Å². The van der Waals surface area contributed by atoms with Crippen LogP contribution in [0.3, 0.4) is 0 Å². The van der Waals surface area contributed by atoms with Gasteiger partial charge in [-0.15, -0.1) is 0 Å². The smallest absolute Gasteiger partial charge is 0.251 e. The van der Waals surface area contributed by atoms with Gasteiger partial charge >= 0.3 is 0 Å². The molecule has 3 aromatic carbocycles. The van der Waals surface area contributed by atoms with Gasteiger partial charge in [-0.3, -0.25) is 9.89 Å². The Morgan fingerprint density at radius 3 is 2.57 bits per heavy atom. The minimum atomic E-state index is -0.0492. The Hall–Kier alpha value is -3.64. The van der Waals surface area contributed by atoms with E-state index in [9.17, 15) is 4.79 Å². The van der Waals surface area contributed by atoms with Crippen molar-refractivity contribution in [2.24, 2.45) is 5.92 Å². The molecule has 1 saturated carbocycles. The van der Waals surface area contributed by atoms with Gasteiger partial charge in [0.05, 0.1) is 23.9 Å². The lowest BCUT2D eigenvalue weighted by molar-refractivity contribution is 0.0932. The van der Waals surface area contributed by atoms with E-state index in [0.717, 1.165) is 53.8 Å². The maximum Gasteiger partial charge on any atom is 0.251 e. The van der Waals surface area contributed by atoms with Crippen molar-refractivity contribution in [1.82, 2.24) is 15.5 Å². The molecule has 4 aromatic rings. The van der Waals surface area contributed by atoms with Crippen LogP contribution in [-0.4, -0.2) is 42.9 Å². The number of benzene rings is 3. The quantitative estimate of drug-likeness (QED) is 0.319. The first-order valence-electron chi connectivity index (χ1n) is 12.4. The number of hydrogen-bond acceptors (Lipinski definition) is 4. The van der Waals surface area contributed by atoms with E-state index < -0.39 is 0 Å². The SMILES string of the molecule is CCN(CCOC)c1ccc(-c2n[nH]c3ccc(C(=O)NC(c4ccccc4)C4CC4)cc23)cc1. The lowest BCUT2D eigenvalue weighted by Crippen LogP contribution is -2.29. The molecule has 6 nitrogen and oxygen atoms in total. The number of amides is 1. The number of methoxy groups -OCH3 is 1. The number of carbonyl (C=O) groups excluding carboxylic acids is 1. The minimum Gasteiger partial charge on any atom is -0.383 e. The predicted molar refractivity (Wildman–Crippen MR) is 141 cm³/mol. The normalized spacial score (nSPS) is 14.1. The van der Waals surface area contributed by atoms with E-state index >= 15 is 0 Å². The molecule has 35 heavy (non-hydrogen) atoms. The number of anilines is 1. The van der Waals surface area contributed by atoms with Gasteiger partial charge in [0.1, 0.15) is 0 Å². The summed E-state index contributed by atoms with van der Waals surface area (Å²) in [4.78, 5) is 15.5. The van der Waals surface area contributed by atoms with Gasteiger partial charge in [0, 0.05) is 42.4 Å². The summed E-state index contributed by atoms with van der Waals surface area (Å²) in [6.45, 7) is 4.59. The highest BCUT2D eigenvalue weighted by atomic mass is 16.5. The minimum absolute atomic E-state index is 0.0492. The fourth-order valence-corrected chi connectivity index (χ4v) is 4.66. The van der Waals surface area contributed by atoms with Crippen LogP contribution in [0.4, 0.5) is 5.69 Å². The molecule has 6 heteroatoms. The van der Waals surface area contributed by atoms with Crippen molar-refractivity contribution in [2.75, 3.05) is 31.7 Å². The number of aromatic nitrogens is 2. The van der Waals surface area contributed by atoms with Crippen molar-refractivity contribution in [3.05, 3.63) is 83.9 Å². The first-order chi connectivity index (χ1) is 17.2. The maximum atomic E-state index is 13.3. The van der Waals surface area contributed by atoms with Gasteiger partial charge < -0.3 is 15.0 Å². The van der Waals surface area contributed by atoms with Gasteiger partial charge in [0.15, 0.2) is 0 Å². The Bertz CT molecular complexity index is 1280. The van der Waals surface area contributed by atoms with E-state index in [2.05, 4.69) is 63.7 Å². The summed E-state index contributed by atoms with van der Waals surface area (Å²) in [7, 11) is 1.72. The summed E-state index contributed by atoms with van der Waals surface area (Å²) < 4.78 is 5.23. The van der Waals surface area contributed by atoms with E-state index in [4.69, 9.17) is 4.74 Å². The van der Waals surface area contributed by atoms with Crippen LogP contribution in [0.15, 0.2) is 72.8 Å². The third-order valence-corrected chi connectivity index (χ3v) is 6.82. The van der Waals surface area contributed by atoms with Gasteiger partial charge in [0.25, 0.3) is 5.91 Å². The Labute approximate surface area is 206 Å². The molecule has 1 unspecified atom stereocenters. The Balaban J connectivity index is 1.38. The molecule has 1 heterocycles. The molecule has 0 spiro atoms. The van der Waals surface area contributed by atoms with Crippen molar-refractivity contribution in [2.45, 2.75) is 25.8 Å². The van der Waals surface area contributed by atoms with Crippen LogP contribution in [-0.2, 0) is 4.74 Å². The second kappa shape index (κ2) is 10.3. The molecule has 1 aromatic heterocycles. The maximum absolute atomic E-state index is 13.3. The highest BCUT2D eigenvalue weighted by molar-refractivity contribution is 6.01. The van der Waals surface area contributed by atoms with Gasteiger partial charge in [-0.25, -0.2) is 0 Å². The molecule has 1 atom stereocenters. The highest BCUT2D eigenvalue weighted by Crippen LogP contribution is 2.41. The monoisotopic (exact) mass is 468 g/mol. The van der Waals surface area contributed by atoms with Crippen LogP contribution in [0.1, 0.15) is 41.7 Å². The molecule has 5 rings (SSSR count). The van der Waals surface area contributed by atoms with Crippen molar-refractivity contribution in [3.8, 4) is 11.3 Å². The second-order valence-corrected chi connectivity index (χ2v) is 9.15. The van der Waals surface area contributed by atoms with Gasteiger partial charge in [-0.2, -0.15) is 5.10 Å². The summed E-state index contributed by atoms with van der Waals surface area (Å²) in [5, 5.41) is 11.9. The Morgan fingerprint density at radius 1 is 1.11 bits per heavy atom. The summed E-state index contributed by atoms with van der Waals surface area (Å²) in [6.07, 6.45) is 2.31. The predicted octanol–water partition coefficient (Wildman–Crippen LogP) is 5.58. The molecular formula is C29H32N4O2. The average molecular weight is 469 g/mol. The molecule has 1 amide bonds. The zero-order valence-electron chi connectivity index (χ0n) is 20.3. The van der Waals surface area contributed by atoms with E-state index in [1.807, 2.05) is 36.4 Å². The fourth-order valence-electron chi connectivity index (χ4n) is 4.66. The highest BCUT2D eigenvalue weighted by Gasteiger charge is 2.33. The molecule has 0 aliphatic heterocycles. The van der Waals surface area contributed by atoms with Crippen molar-refractivity contribution in [3.63, 3.8) is 0 Å². The van der Waals surface area contributed by atoms with Crippen molar-refractivity contribution in [1.29, 1.82) is 0 Å².